The number of hydrogen-bond acceptors (Lipinski definition) is 7. The molecular formula is C21H25N3O5. The lowest BCUT2D eigenvalue weighted by Gasteiger charge is -2.36. The molecule has 2 aromatic carbocycles. The van der Waals surface area contributed by atoms with Crippen LogP contribution >= 0.6 is 0 Å². The Morgan fingerprint density at radius 1 is 1.10 bits per heavy atom. The van der Waals surface area contributed by atoms with E-state index in [0.29, 0.717) is 6.61 Å². The summed E-state index contributed by atoms with van der Waals surface area (Å²) in [5, 5.41) is 11.2. The van der Waals surface area contributed by atoms with E-state index in [9.17, 15) is 14.9 Å². The summed E-state index contributed by atoms with van der Waals surface area (Å²) in [7, 11) is 1.22. The Kier molecular flexibility index (Phi) is 6.66. The third-order valence-electron chi connectivity index (χ3n) is 4.96. The van der Waals surface area contributed by atoms with Crippen LogP contribution in [0.1, 0.15) is 22.8 Å². The third-order valence-corrected chi connectivity index (χ3v) is 4.96. The molecule has 154 valence electrons. The van der Waals surface area contributed by atoms with Crippen molar-refractivity contribution in [2.75, 3.05) is 44.8 Å². The lowest BCUT2D eigenvalue weighted by molar-refractivity contribution is -0.385. The van der Waals surface area contributed by atoms with Crippen molar-refractivity contribution < 1.29 is 19.2 Å². The molecule has 1 fully saturated rings. The first-order valence-electron chi connectivity index (χ1n) is 9.57. The Morgan fingerprint density at radius 2 is 1.79 bits per heavy atom. The minimum Gasteiger partial charge on any atom is -0.494 e. The van der Waals surface area contributed by atoms with Crippen LogP contribution in [0, 0.1) is 10.1 Å². The second kappa shape index (κ2) is 9.38. The Morgan fingerprint density at radius 3 is 2.38 bits per heavy atom. The van der Waals surface area contributed by atoms with E-state index in [1.165, 1.54) is 18.7 Å². The Bertz CT molecular complexity index is 861. The first-order chi connectivity index (χ1) is 14.0. The standard InChI is InChI=1S/C21H25N3O5/c1-3-29-18-7-4-16(5-8-18)15-22-10-12-23(13-11-22)17-6-9-20(24(26)27)19(14-17)21(25)28-2/h4-9,14H,3,10-13,15H2,1-2H3. The lowest BCUT2D eigenvalue weighted by atomic mass is 10.1. The molecule has 1 heterocycles. The van der Waals surface area contributed by atoms with Crippen molar-refractivity contribution in [2.24, 2.45) is 0 Å². The van der Waals surface area contributed by atoms with Crippen molar-refractivity contribution >= 4 is 17.3 Å². The van der Waals surface area contributed by atoms with Crippen LogP contribution < -0.4 is 9.64 Å². The number of nitro benzene ring substituents is 1. The quantitative estimate of drug-likeness (QED) is 0.402. The van der Waals surface area contributed by atoms with Gasteiger partial charge in [-0.1, -0.05) is 12.1 Å². The first-order valence-corrected chi connectivity index (χ1v) is 9.57. The van der Waals surface area contributed by atoms with Crippen LogP contribution in [0.4, 0.5) is 11.4 Å². The van der Waals surface area contributed by atoms with Crippen molar-refractivity contribution in [3.05, 3.63) is 63.7 Å². The maximum absolute atomic E-state index is 11.9. The van der Waals surface area contributed by atoms with Gasteiger partial charge in [0.15, 0.2) is 0 Å². The van der Waals surface area contributed by atoms with Gasteiger partial charge in [0.25, 0.3) is 5.69 Å². The number of piperazine rings is 1. The molecule has 0 aliphatic carbocycles. The molecule has 0 saturated carbocycles. The summed E-state index contributed by atoms with van der Waals surface area (Å²) < 4.78 is 10.2. The third kappa shape index (κ3) is 5.03. The number of esters is 1. The number of anilines is 1. The van der Waals surface area contributed by atoms with Gasteiger partial charge < -0.3 is 14.4 Å². The molecule has 0 atom stereocenters. The van der Waals surface area contributed by atoms with Gasteiger partial charge in [0.05, 0.1) is 18.6 Å². The van der Waals surface area contributed by atoms with Crippen LogP contribution in [-0.2, 0) is 11.3 Å². The van der Waals surface area contributed by atoms with E-state index >= 15 is 0 Å². The van der Waals surface area contributed by atoms with Crippen LogP contribution in [0.2, 0.25) is 0 Å². The molecular weight excluding hydrogens is 374 g/mol. The molecule has 0 aromatic heterocycles. The number of nitrogens with zero attached hydrogens (tertiary/aromatic N) is 3. The van der Waals surface area contributed by atoms with Gasteiger partial charge in [0.2, 0.25) is 0 Å². The van der Waals surface area contributed by atoms with Crippen LogP contribution in [-0.4, -0.2) is 55.7 Å². The van der Waals surface area contributed by atoms with Gasteiger partial charge in [0.1, 0.15) is 11.3 Å². The molecule has 0 radical (unpaired) electrons. The van der Waals surface area contributed by atoms with E-state index in [2.05, 4.69) is 21.9 Å². The number of methoxy groups -OCH3 is 1. The number of carbonyl (C=O) groups is 1. The number of carbonyl (C=O) groups excluding carboxylic acids is 1. The fraction of sp³-hybridized carbons (Fsp3) is 0.381. The maximum atomic E-state index is 11.9. The molecule has 29 heavy (non-hydrogen) atoms. The number of hydrogen-bond donors (Lipinski definition) is 0. The smallest absolute Gasteiger partial charge is 0.344 e. The van der Waals surface area contributed by atoms with Crippen molar-refractivity contribution in [1.82, 2.24) is 4.90 Å². The fourth-order valence-corrected chi connectivity index (χ4v) is 3.43. The van der Waals surface area contributed by atoms with Crippen LogP contribution in [0.5, 0.6) is 5.75 Å². The minimum atomic E-state index is -0.701. The molecule has 8 nitrogen and oxygen atoms in total. The first kappa shape index (κ1) is 20.6. The molecule has 0 amide bonds. The largest absolute Gasteiger partial charge is 0.494 e. The molecule has 3 rings (SSSR count). The molecule has 0 bridgehead atoms. The van der Waals surface area contributed by atoms with Crippen molar-refractivity contribution in [2.45, 2.75) is 13.5 Å². The van der Waals surface area contributed by atoms with Crippen LogP contribution in [0.15, 0.2) is 42.5 Å². The molecule has 8 heteroatoms. The summed E-state index contributed by atoms with van der Waals surface area (Å²) in [6.07, 6.45) is 0. The summed E-state index contributed by atoms with van der Waals surface area (Å²) in [6, 6.07) is 12.7. The summed E-state index contributed by atoms with van der Waals surface area (Å²) in [4.78, 5) is 27.0. The summed E-state index contributed by atoms with van der Waals surface area (Å²) in [5.41, 5.74) is 1.75. The number of nitro groups is 1. The van der Waals surface area contributed by atoms with Crippen LogP contribution in [0.3, 0.4) is 0 Å². The van der Waals surface area contributed by atoms with E-state index < -0.39 is 10.9 Å². The molecule has 2 aromatic rings. The van der Waals surface area contributed by atoms with Gasteiger partial charge in [-0.05, 0) is 36.8 Å². The predicted molar refractivity (Wildman–Crippen MR) is 110 cm³/mol. The predicted octanol–water partition coefficient (Wildman–Crippen LogP) is 3.10. The van der Waals surface area contributed by atoms with Crippen molar-refractivity contribution in [3.63, 3.8) is 0 Å². The number of benzene rings is 2. The minimum absolute atomic E-state index is 0.0215. The number of ether oxygens (including phenoxy) is 2. The Hall–Kier alpha value is -3.13. The van der Waals surface area contributed by atoms with Gasteiger partial charge in [-0.15, -0.1) is 0 Å². The zero-order chi connectivity index (χ0) is 20.8. The highest BCUT2D eigenvalue weighted by molar-refractivity contribution is 5.95. The molecule has 1 aliphatic rings. The van der Waals surface area contributed by atoms with E-state index in [1.54, 1.807) is 12.1 Å². The zero-order valence-electron chi connectivity index (χ0n) is 16.7. The molecule has 1 aliphatic heterocycles. The average molecular weight is 399 g/mol. The lowest BCUT2D eigenvalue weighted by Crippen LogP contribution is -2.46. The summed E-state index contributed by atoms with van der Waals surface area (Å²) in [5.74, 6) is 0.174. The average Bonchev–Trinajstić information content (AvgIpc) is 2.75. The van der Waals surface area contributed by atoms with E-state index in [1.807, 2.05) is 19.1 Å². The second-order valence-corrected chi connectivity index (χ2v) is 6.79. The molecule has 0 unspecified atom stereocenters. The summed E-state index contributed by atoms with van der Waals surface area (Å²) in [6.45, 7) is 6.74. The van der Waals surface area contributed by atoms with E-state index in [4.69, 9.17) is 9.47 Å². The molecule has 1 saturated heterocycles. The highest BCUT2D eigenvalue weighted by atomic mass is 16.6. The second-order valence-electron chi connectivity index (χ2n) is 6.79. The van der Waals surface area contributed by atoms with Gasteiger partial charge in [-0.25, -0.2) is 4.79 Å². The topological polar surface area (TPSA) is 85.1 Å². The maximum Gasteiger partial charge on any atom is 0.344 e. The number of rotatable bonds is 7. The van der Waals surface area contributed by atoms with E-state index in [0.717, 1.165) is 44.2 Å². The highest BCUT2D eigenvalue weighted by Crippen LogP contribution is 2.27. The van der Waals surface area contributed by atoms with Gasteiger partial charge in [-0.3, -0.25) is 15.0 Å². The van der Waals surface area contributed by atoms with Gasteiger partial charge >= 0.3 is 5.97 Å². The Labute approximate surface area is 169 Å². The Balaban J connectivity index is 1.63. The van der Waals surface area contributed by atoms with Crippen molar-refractivity contribution in [1.29, 1.82) is 0 Å². The molecule has 0 N–H and O–H groups in total. The van der Waals surface area contributed by atoms with Crippen molar-refractivity contribution in [3.8, 4) is 5.75 Å². The normalized spacial score (nSPS) is 14.5. The fourth-order valence-electron chi connectivity index (χ4n) is 3.43. The SMILES string of the molecule is CCOc1ccc(CN2CCN(c3ccc([N+](=O)[O-])c(C(=O)OC)c3)CC2)cc1. The van der Waals surface area contributed by atoms with Gasteiger partial charge in [0, 0.05) is 44.5 Å². The monoisotopic (exact) mass is 399 g/mol. The van der Waals surface area contributed by atoms with Crippen LogP contribution in [0.25, 0.3) is 0 Å². The van der Waals surface area contributed by atoms with Gasteiger partial charge in [-0.2, -0.15) is 0 Å². The summed E-state index contributed by atoms with van der Waals surface area (Å²) >= 11 is 0. The zero-order valence-corrected chi connectivity index (χ0v) is 16.7. The highest BCUT2D eigenvalue weighted by Gasteiger charge is 2.24. The van der Waals surface area contributed by atoms with E-state index in [-0.39, 0.29) is 11.3 Å². The molecule has 0 spiro atoms.